The number of nitrogens with zero attached hydrogens (tertiary/aromatic N) is 1. The van der Waals surface area contributed by atoms with E-state index < -0.39 is 0 Å². The van der Waals surface area contributed by atoms with Crippen LogP contribution in [0.15, 0.2) is 0 Å². The van der Waals surface area contributed by atoms with Crippen molar-refractivity contribution in [2.45, 2.75) is 19.4 Å². The molecule has 0 spiro atoms. The molecule has 1 nitrogen and oxygen atoms in total. The van der Waals surface area contributed by atoms with Crippen molar-refractivity contribution in [3.8, 4) is 0 Å². The molecule has 0 aliphatic rings. The summed E-state index contributed by atoms with van der Waals surface area (Å²) in [5, 5.41) is 0. The van der Waals surface area contributed by atoms with Gasteiger partial charge in [-0.2, -0.15) is 0 Å². The highest BCUT2D eigenvalue weighted by Gasteiger charge is 2.00. The van der Waals surface area contributed by atoms with Gasteiger partial charge in [-0.15, -0.1) is 11.6 Å². The van der Waals surface area contributed by atoms with Crippen LogP contribution in [-0.2, 0) is 0 Å². The number of alkyl halides is 1. The summed E-state index contributed by atoms with van der Waals surface area (Å²) in [7, 11) is 4.13. The molecule has 0 aromatic carbocycles. The third-order valence-electron chi connectivity index (χ3n) is 1.41. The van der Waals surface area contributed by atoms with Gasteiger partial charge < -0.3 is 4.90 Å². The molecular weight excluding hydrogens is 122 g/mol. The standard InChI is InChI=1S/C6H14ClN/c1-6(4-5-7)8(2)3/h6H,4-5H2,1-3H3. The Bertz CT molecular complexity index is 54.5. The quantitative estimate of drug-likeness (QED) is 0.531. The van der Waals surface area contributed by atoms with Crippen molar-refractivity contribution >= 4 is 11.6 Å². The van der Waals surface area contributed by atoms with E-state index in [0.29, 0.717) is 6.04 Å². The first kappa shape index (κ1) is 8.25. The monoisotopic (exact) mass is 135 g/mol. The second-order valence-corrected chi connectivity index (χ2v) is 2.67. The van der Waals surface area contributed by atoms with E-state index in [9.17, 15) is 0 Å². The third-order valence-corrected chi connectivity index (χ3v) is 1.63. The van der Waals surface area contributed by atoms with Crippen LogP contribution in [-0.4, -0.2) is 30.9 Å². The summed E-state index contributed by atoms with van der Waals surface area (Å²) in [6, 6.07) is 0.618. The van der Waals surface area contributed by atoms with Crippen molar-refractivity contribution in [2.75, 3.05) is 20.0 Å². The Labute approximate surface area is 56.6 Å². The zero-order valence-corrected chi connectivity index (χ0v) is 6.57. The lowest BCUT2D eigenvalue weighted by atomic mass is 10.2. The van der Waals surface area contributed by atoms with Crippen molar-refractivity contribution in [3.63, 3.8) is 0 Å². The smallest absolute Gasteiger partial charge is 0.0238 e. The zero-order chi connectivity index (χ0) is 6.57. The predicted molar refractivity (Wildman–Crippen MR) is 38.5 cm³/mol. The van der Waals surface area contributed by atoms with Crippen LogP contribution in [0.4, 0.5) is 0 Å². The molecule has 0 N–H and O–H groups in total. The Hall–Kier alpha value is 0.250. The fourth-order valence-corrected chi connectivity index (χ4v) is 0.732. The summed E-state index contributed by atoms with van der Waals surface area (Å²) in [4.78, 5) is 2.17. The first-order valence-electron chi connectivity index (χ1n) is 2.91. The van der Waals surface area contributed by atoms with Crippen LogP contribution in [0.1, 0.15) is 13.3 Å². The highest BCUT2D eigenvalue weighted by Crippen LogP contribution is 1.98. The molecule has 0 aromatic heterocycles. The van der Waals surface area contributed by atoms with E-state index in [-0.39, 0.29) is 0 Å². The average molecular weight is 136 g/mol. The van der Waals surface area contributed by atoms with Gasteiger partial charge >= 0.3 is 0 Å². The Morgan fingerprint density at radius 1 is 1.50 bits per heavy atom. The molecule has 0 saturated heterocycles. The van der Waals surface area contributed by atoms with E-state index in [1.165, 1.54) is 0 Å². The summed E-state index contributed by atoms with van der Waals surface area (Å²) < 4.78 is 0. The minimum absolute atomic E-state index is 0.618. The molecule has 0 radical (unpaired) electrons. The normalized spacial score (nSPS) is 14.6. The molecule has 2 heteroatoms. The zero-order valence-electron chi connectivity index (χ0n) is 5.82. The van der Waals surface area contributed by atoms with Gasteiger partial charge in [-0.05, 0) is 27.4 Å². The van der Waals surface area contributed by atoms with Crippen LogP contribution in [0, 0.1) is 0 Å². The molecule has 0 amide bonds. The van der Waals surface area contributed by atoms with Crippen LogP contribution >= 0.6 is 11.6 Å². The molecule has 50 valence electrons. The van der Waals surface area contributed by atoms with Gasteiger partial charge in [0.1, 0.15) is 0 Å². The fourth-order valence-electron chi connectivity index (χ4n) is 0.416. The maximum Gasteiger partial charge on any atom is 0.0238 e. The molecule has 0 saturated carbocycles. The second-order valence-electron chi connectivity index (χ2n) is 2.29. The molecular formula is C6H14ClN. The largest absolute Gasteiger partial charge is 0.307 e. The van der Waals surface area contributed by atoms with Gasteiger partial charge in [-0.3, -0.25) is 0 Å². The maximum atomic E-state index is 5.51. The topological polar surface area (TPSA) is 3.24 Å². The van der Waals surface area contributed by atoms with Crippen molar-refractivity contribution < 1.29 is 0 Å². The van der Waals surface area contributed by atoms with Gasteiger partial charge in [0, 0.05) is 11.9 Å². The SMILES string of the molecule is CC(CCCl)N(C)C. The van der Waals surface area contributed by atoms with E-state index in [2.05, 4.69) is 25.9 Å². The minimum Gasteiger partial charge on any atom is -0.307 e. The lowest BCUT2D eigenvalue weighted by molar-refractivity contribution is 0.308. The minimum atomic E-state index is 0.618. The number of hydrogen-bond donors (Lipinski definition) is 0. The molecule has 1 atom stereocenters. The molecule has 0 heterocycles. The molecule has 0 aromatic rings. The second kappa shape index (κ2) is 4.16. The van der Waals surface area contributed by atoms with Crippen molar-refractivity contribution in [3.05, 3.63) is 0 Å². The number of rotatable bonds is 3. The number of hydrogen-bond acceptors (Lipinski definition) is 1. The first-order valence-corrected chi connectivity index (χ1v) is 3.44. The Morgan fingerprint density at radius 2 is 2.00 bits per heavy atom. The van der Waals surface area contributed by atoms with Crippen molar-refractivity contribution in [2.24, 2.45) is 0 Å². The van der Waals surface area contributed by atoms with Crippen LogP contribution < -0.4 is 0 Å². The molecule has 0 bridgehead atoms. The van der Waals surface area contributed by atoms with Crippen LogP contribution in [0.5, 0.6) is 0 Å². The molecule has 0 rings (SSSR count). The Morgan fingerprint density at radius 3 is 2.12 bits per heavy atom. The van der Waals surface area contributed by atoms with E-state index >= 15 is 0 Å². The Kier molecular flexibility index (Phi) is 4.29. The maximum absolute atomic E-state index is 5.51. The van der Waals surface area contributed by atoms with Crippen LogP contribution in [0.25, 0.3) is 0 Å². The van der Waals surface area contributed by atoms with E-state index in [1.54, 1.807) is 0 Å². The molecule has 1 unspecified atom stereocenters. The van der Waals surface area contributed by atoms with Gasteiger partial charge in [-0.25, -0.2) is 0 Å². The first-order chi connectivity index (χ1) is 3.68. The van der Waals surface area contributed by atoms with Crippen LogP contribution in [0.3, 0.4) is 0 Å². The molecule has 0 aliphatic carbocycles. The average Bonchev–Trinajstić information content (AvgIpc) is 1.67. The van der Waals surface area contributed by atoms with Gasteiger partial charge in [0.15, 0.2) is 0 Å². The van der Waals surface area contributed by atoms with Crippen molar-refractivity contribution in [1.29, 1.82) is 0 Å². The van der Waals surface area contributed by atoms with E-state index in [1.807, 2.05) is 0 Å². The van der Waals surface area contributed by atoms with E-state index in [4.69, 9.17) is 11.6 Å². The van der Waals surface area contributed by atoms with Gasteiger partial charge in [-0.1, -0.05) is 0 Å². The molecule has 0 fully saturated rings. The summed E-state index contributed by atoms with van der Waals surface area (Å²) in [5.74, 6) is 0.763. The highest BCUT2D eigenvalue weighted by molar-refractivity contribution is 6.17. The lowest BCUT2D eigenvalue weighted by Gasteiger charge is -2.17. The van der Waals surface area contributed by atoms with Gasteiger partial charge in [0.25, 0.3) is 0 Å². The fraction of sp³-hybridized carbons (Fsp3) is 1.00. The van der Waals surface area contributed by atoms with Gasteiger partial charge in [0.2, 0.25) is 0 Å². The molecule has 8 heavy (non-hydrogen) atoms. The summed E-state index contributed by atoms with van der Waals surface area (Å²) in [6.45, 7) is 2.17. The van der Waals surface area contributed by atoms with Crippen molar-refractivity contribution in [1.82, 2.24) is 4.90 Å². The third kappa shape index (κ3) is 3.28. The number of halogens is 1. The summed E-state index contributed by atoms with van der Waals surface area (Å²) >= 11 is 5.51. The summed E-state index contributed by atoms with van der Waals surface area (Å²) in [5.41, 5.74) is 0. The summed E-state index contributed by atoms with van der Waals surface area (Å²) in [6.07, 6.45) is 1.08. The lowest BCUT2D eigenvalue weighted by Crippen LogP contribution is -2.24. The van der Waals surface area contributed by atoms with Crippen LogP contribution in [0.2, 0.25) is 0 Å². The van der Waals surface area contributed by atoms with Gasteiger partial charge in [0.05, 0.1) is 0 Å². The predicted octanol–water partition coefficient (Wildman–Crippen LogP) is 1.57. The molecule has 0 aliphatic heterocycles. The van der Waals surface area contributed by atoms with E-state index in [0.717, 1.165) is 12.3 Å². The Balaban J connectivity index is 3.17. The highest BCUT2D eigenvalue weighted by atomic mass is 35.5.